The minimum absolute atomic E-state index is 0. The van der Waals surface area contributed by atoms with Gasteiger partial charge in [0.2, 0.25) is 0 Å². The second-order valence-electron chi connectivity index (χ2n) is 1.14. The van der Waals surface area contributed by atoms with E-state index in [4.69, 9.17) is 0 Å². The van der Waals surface area contributed by atoms with E-state index in [9.17, 15) is 4.79 Å². The van der Waals surface area contributed by atoms with Gasteiger partial charge in [-0.1, -0.05) is 29.7 Å². The quantitative estimate of drug-likeness (QED) is 0.608. The number of Topliss-reactive ketones (excluding diaryl/α,β-unsaturated/α-hetero) is 1. The molecule has 0 atom stereocenters. The standard InChI is InChI=1S/C4H8O2.4CH4/c1-4(5)3-6-2;;;;/h3H2,1-2H3;4*1H4. The Morgan fingerprint density at radius 1 is 1.20 bits per heavy atom. The monoisotopic (exact) mass is 152 g/mol. The van der Waals surface area contributed by atoms with Gasteiger partial charge in [-0.05, 0) is 6.92 Å². The fourth-order valence-corrected chi connectivity index (χ4v) is 0.203. The predicted octanol–water partition coefficient (Wildman–Crippen LogP) is 2.77. The highest BCUT2D eigenvalue weighted by atomic mass is 16.5. The summed E-state index contributed by atoms with van der Waals surface area (Å²) < 4.78 is 4.45. The highest BCUT2D eigenvalue weighted by Crippen LogP contribution is 1.65. The third-order valence-electron chi connectivity index (χ3n) is 0.348. The summed E-state index contributed by atoms with van der Waals surface area (Å²) in [5, 5.41) is 0. The third-order valence-corrected chi connectivity index (χ3v) is 0.348. The van der Waals surface area contributed by atoms with Crippen LogP contribution in [-0.4, -0.2) is 19.5 Å². The van der Waals surface area contributed by atoms with Gasteiger partial charge >= 0.3 is 0 Å². The first-order chi connectivity index (χ1) is 2.77. The summed E-state index contributed by atoms with van der Waals surface area (Å²) in [6.45, 7) is 1.73. The van der Waals surface area contributed by atoms with Crippen molar-refractivity contribution in [1.82, 2.24) is 0 Å². The third kappa shape index (κ3) is 48.5. The van der Waals surface area contributed by atoms with Crippen LogP contribution in [0.2, 0.25) is 0 Å². The van der Waals surface area contributed by atoms with Crippen LogP contribution in [0.5, 0.6) is 0 Å². The zero-order chi connectivity index (χ0) is 4.99. The van der Waals surface area contributed by atoms with E-state index in [1.54, 1.807) is 0 Å². The molecule has 0 aromatic carbocycles. The number of rotatable bonds is 2. The Kier molecular flexibility index (Phi) is 78.4. The predicted molar refractivity (Wildman–Crippen MR) is 49.5 cm³/mol. The van der Waals surface area contributed by atoms with Crippen molar-refractivity contribution in [2.45, 2.75) is 36.6 Å². The van der Waals surface area contributed by atoms with Gasteiger partial charge < -0.3 is 4.74 Å². The van der Waals surface area contributed by atoms with Gasteiger partial charge in [-0.3, -0.25) is 4.79 Å². The number of ketones is 1. The molecule has 0 amide bonds. The van der Waals surface area contributed by atoms with Gasteiger partial charge in [0.05, 0.1) is 0 Å². The SMILES string of the molecule is C.C.C.C.COCC(C)=O. The summed E-state index contributed by atoms with van der Waals surface area (Å²) >= 11 is 0. The number of carbonyl (C=O) groups is 1. The van der Waals surface area contributed by atoms with Crippen LogP contribution in [0.25, 0.3) is 0 Å². The topological polar surface area (TPSA) is 26.3 Å². The van der Waals surface area contributed by atoms with E-state index >= 15 is 0 Å². The molecule has 0 aliphatic carbocycles. The number of hydrogen-bond donors (Lipinski definition) is 0. The van der Waals surface area contributed by atoms with E-state index < -0.39 is 0 Å². The highest BCUT2D eigenvalue weighted by Gasteiger charge is 1.83. The molecule has 0 N–H and O–H groups in total. The zero-order valence-electron chi connectivity index (χ0n) is 4.02. The van der Waals surface area contributed by atoms with Crippen molar-refractivity contribution in [3.05, 3.63) is 0 Å². The summed E-state index contributed by atoms with van der Waals surface area (Å²) in [7, 11) is 1.50. The molecular weight excluding hydrogens is 128 g/mol. The lowest BCUT2D eigenvalue weighted by Crippen LogP contribution is -1.98. The molecule has 0 radical (unpaired) electrons. The number of methoxy groups -OCH3 is 1. The van der Waals surface area contributed by atoms with Crippen molar-refractivity contribution in [3.8, 4) is 0 Å². The fourth-order valence-electron chi connectivity index (χ4n) is 0.203. The first-order valence-corrected chi connectivity index (χ1v) is 1.75. The Balaban J connectivity index is -0.0000000208. The molecular formula is C8H24O2. The molecule has 0 spiro atoms. The molecule has 0 saturated heterocycles. The molecule has 0 aliphatic heterocycles. The van der Waals surface area contributed by atoms with Crippen LogP contribution in [0.3, 0.4) is 0 Å². The van der Waals surface area contributed by atoms with Crippen molar-refractivity contribution < 1.29 is 9.53 Å². The molecule has 0 unspecified atom stereocenters. The van der Waals surface area contributed by atoms with Crippen LogP contribution in [0.15, 0.2) is 0 Å². The van der Waals surface area contributed by atoms with Gasteiger partial charge in [-0.2, -0.15) is 0 Å². The van der Waals surface area contributed by atoms with Crippen LogP contribution in [0, 0.1) is 0 Å². The minimum atomic E-state index is 0. The van der Waals surface area contributed by atoms with Crippen molar-refractivity contribution in [3.63, 3.8) is 0 Å². The van der Waals surface area contributed by atoms with Crippen molar-refractivity contribution in [2.24, 2.45) is 0 Å². The lowest BCUT2D eigenvalue weighted by Gasteiger charge is -1.84. The van der Waals surface area contributed by atoms with Gasteiger partial charge in [0.1, 0.15) is 6.61 Å². The molecule has 0 aromatic heterocycles. The maximum absolute atomic E-state index is 9.92. The van der Waals surface area contributed by atoms with Gasteiger partial charge in [0.15, 0.2) is 5.78 Å². The Bertz CT molecular complexity index is 51.2. The molecule has 0 aromatic rings. The first kappa shape index (κ1) is 33.5. The Hall–Kier alpha value is -0.370. The normalized spacial score (nSPS) is 5.00. The molecule has 0 fully saturated rings. The van der Waals surface area contributed by atoms with Crippen LogP contribution < -0.4 is 0 Å². The average Bonchev–Trinajstić information content (AvgIpc) is 1.35. The molecule has 10 heavy (non-hydrogen) atoms. The zero-order valence-corrected chi connectivity index (χ0v) is 4.02. The number of carbonyl (C=O) groups excluding carboxylic acids is 1. The van der Waals surface area contributed by atoms with E-state index in [0.29, 0.717) is 0 Å². The van der Waals surface area contributed by atoms with Crippen LogP contribution in [0.1, 0.15) is 36.6 Å². The number of ether oxygens (including phenoxy) is 1. The van der Waals surface area contributed by atoms with E-state index in [-0.39, 0.29) is 42.1 Å². The molecule has 68 valence electrons. The number of hydrogen-bond acceptors (Lipinski definition) is 2. The molecule has 2 heteroatoms. The van der Waals surface area contributed by atoms with E-state index in [1.165, 1.54) is 14.0 Å². The smallest absolute Gasteiger partial charge is 0.155 e. The maximum Gasteiger partial charge on any atom is 0.155 e. The summed E-state index contributed by atoms with van der Waals surface area (Å²) in [5.41, 5.74) is 0. The van der Waals surface area contributed by atoms with Crippen molar-refractivity contribution >= 4 is 5.78 Å². The molecule has 0 aliphatic rings. The molecule has 0 saturated carbocycles. The van der Waals surface area contributed by atoms with Gasteiger partial charge in [0, 0.05) is 7.11 Å². The lowest BCUT2D eigenvalue weighted by molar-refractivity contribution is -0.120. The van der Waals surface area contributed by atoms with Gasteiger partial charge in [-0.25, -0.2) is 0 Å². The molecule has 0 bridgehead atoms. The largest absolute Gasteiger partial charge is 0.377 e. The first-order valence-electron chi connectivity index (χ1n) is 1.75. The van der Waals surface area contributed by atoms with Gasteiger partial charge in [-0.15, -0.1) is 0 Å². The van der Waals surface area contributed by atoms with E-state index in [0.717, 1.165) is 0 Å². The second kappa shape index (κ2) is 23.4. The lowest BCUT2D eigenvalue weighted by atomic mass is 10.5. The fraction of sp³-hybridized carbons (Fsp3) is 0.875. The van der Waals surface area contributed by atoms with Gasteiger partial charge in [0.25, 0.3) is 0 Å². The molecule has 2 nitrogen and oxygen atoms in total. The molecule has 0 heterocycles. The summed E-state index contributed by atoms with van der Waals surface area (Å²) in [6, 6.07) is 0. The van der Waals surface area contributed by atoms with Crippen LogP contribution in [0.4, 0.5) is 0 Å². The molecule has 0 rings (SSSR count). The Morgan fingerprint density at radius 2 is 1.50 bits per heavy atom. The van der Waals surface area contributed by atoms with Crippen molar-refractivity contribution in [2.75, 3.05) is 13.7 Å². The van der Waals surface area contributed by atoms with Crippen LogP contribution in [-0.2, 0) is 9.53 Å². The maximum atomic E-state index is 9.92. The van der Waals surface area contributed by atoms with E-state index in [1.807, 2.05) is 0 Å². The van der Waals surface area contributed by atoms with E-state index in [2.05, 4.69) is 4.74 Å². The summed E-state index contributed by atoms with van der Waals surface area (Å²) in [5.74, 6) is 0.0671. The van der Waals surface area contributed by atoms with Crippen LogP contribution >= 0.6 is 0 Å². The summed E-state index contributed by atoms with van der Waals surface area (Å²) in [6.07, 6.45) is 0. The minimum Gasteiger partial charge on any atom is -0.377 e. The Labute approximate surface area is 66.6 Å². The highest BCUT2D eigenvalue weighted by molar-refractivity contribution is 5.76. The Morgan fingerprint density at radius 3 is 1.50 bits per heavy atom. The summed E-state index contributed by atoms with van der Waals surface area (Å²) in [4.78, 5) is 9.92. The van der Waals surface area contributed by atoms with Crippen molar-refractivity contribution in [1.29, 1.82) is 0 Å². The average molecular weight is 152 g/mol. The second-order valence-corrected chi connectivity index (χ2v) is 1.14.